The molecule has 31 heavy (non-hydrogen) atoms. The molecule has 0 bridgehead atoms. The number of phenols is 1. The molecule has 2 aromatic rings. The molecule has 4 rings (SSSR count). The molecule has 1 fully saturated rings. The molecule has 162 valence electrons. The number of benzene rings is 1. The van der Waals surface area contributed by atoms with E-state index in [0.717, 1.165) is 17.8 Å². The fraction of sp³-hybridized carbons (Fsp3) is 0.273. The van der Waals surface area contributed by atoms with Crippen LogP contribution in [0.1, 0.15) is 23.4 Å². The molecule has 1 saturated heterocycles. The Labute approximate surface area is 179 Å². The SMILES string of the molecule is C=Cc1ncc(OC2CC3CNC(N)=C(/C=C(\N)c4cccc(F)c4O)N3C2)nc1C. The van der Waals surface area contributed by atoms with E-state index in [1.165, 1.54) is 12.1 Å². The number of para-hydroxylation sites is 1. The van der Waals surface area contributed by atoms with E-state index < -0.39 is 11.6 Å². The van der Waals surface area contributed by atoms with Crippen molar-refractivity contribution in [3.8, 4) is 11.6 Å². The first-order valence-electron chi connectivity index (χ1n) is 9.95. The van der Waals surface area contributed by atoms with Crippen LogP contribution < -0.4 is 21.5 Å². The van der Waals surface area contributed by atoms with Gasteiger partial charge in [0, 0.05) is 24.2 Å². The molecule has 6 N–H and O–H groups in total. The number of hydrogen-bond donors (Lipinski definition) is 4. The van der Waals surface area contributed by atoms with Crippen LogP contribution in [0.4, 0.5) is 4.39 Å². The first-order valence-corrected chi connectivity index (χ1v) is 9.95. The standard InChI is InChI=1S/C22H25FN6O2/c1-3-18-12(2)28-20(10-26-18)31-14-7-13-9-27-22(25)19(29(13)11-14)8-17(24)15-5-4-6-16(23)21(15)30/h3-6,8,10,13-14,27,30H,1,7,9,11,24-25H2,2H3/b17-8-. The molecule has 9 heteroatoms. The van der Waals surface area contributed by atoms with Crippen LogP contribution in [-0.4, -0.2) is 45.2 Å². The van der Waals surface area contributed by atoms with Gasteiger partial charge in [-0.3, -0.25) is 0 Å². The second kappa shape index (κ2) is 8.17. The summed E-state index contributed by atoms with van der Waals surface area (Å²) in [6.07, 6.45) is 5.53. The number of fused-ring (bicyclic) bond motifs is 1. The van der Waals surface area contributed by atoms with Gasteiger partial charge in [-0.25, -0.2) is 14.4 Å². The number of aryl methyl sites for hydroxylation is 1. The average molecular weight is 424 g/mol. The second-order valence-electron chi connectivity index (χ2n) is 7.58. The van der Waals surface area contributed by atoms with Gasteiger partial charge in [0.1, 0.15) is 11.9 Å². The van der Waals surface area contributed by atoms with E-state index in [9.17, 15) is 9.50 Å². The molecular weight excluding hydrogens is 399 g/mol. The van der Waals surface area contributed by atoms with E-state index in [2.05, 4.69) is 26.8 Å². The number of nitrogens with zero attached hydrogens (tertiary/aromatic N) is 3. The Morgan fingerprint density at radius 3 is 3.00 bits per heavy atom. The number of nitrogens with two attached hydrogens (primary N) is 2. The molecule has 1 aromatic heterocycles. The number of phenolic OH excluding ortho intramolecular Hbond substituents is 1. The van der Waals surface area contributed by atoms with Gasteiger partial charge in [-0.2, -0.15) is 0 Å². The van der Waals surface area contributed by atoms with Crippen LogP contribution in [0.15, 0.2) is 48.6 Å². The minimum Gasteiger partial charge on any atom is -0.504 e. The highest BCUT2D eigenvalue weighted by Gasteiger charge is 2.37. The van der Waals surface area contributed by atoms with E-state index in [0.29, 0.717) is 30.5 Å². The average Bonchev–Trinajstić information content (AvgIpc) is 3.15. The van der Waals surface area contributed by atoms with Crippen LogP contribution in [0.5, 0.6) is 11.6 Å². The van der Waals surface area contributed by atoms with Crippen LogP contribution >= 0.6 is 0 Å². The summed E-state index contributed by atoms with van der Waals surface area (Å²) in [5.41, 5.74) is 14.9. The van der Waals surface area contributed by atoms with Gasteiger partial charge in [0.15, 0.2) is 11.6 Å². The van der Waals surface area contributed by atoms with Crippen molar-refractivity contribution in [2.75, 3.05) is 13.1 Å². The zero-order chi connectivity index (χ0) is 22.1. The largest absolute Gasteiger partial charge is 0.504 e. The molecule has 0 radical (unpaired) electrons. The summed E-state index contributed by atoms with van der Waals surface area (Å²) in [5.74, 6) is -0.305. The Kier molecular flexibility index (Phi) is 5.41. The summed E-state index contributed by atoms with van der Waals surface area (Å²) < 4.78 is 19.8. The molecule has 1 aromatic carbocycles. The lowest BCUT2D eigenvalue weighted by Gasteiger charge is -2.34. The fourth-order valence-electron chi connectivity index (χ4n) is 3.95. The Balaban J connectivity index is 1.55. The summed E-state index contributed by atoms with van der Waals surface area (Å²) in [5, 5.41) is 13.2. The molecule has 2 aliphatic rings. The van der Waals surface area contributed by atoms with Crippen molar-refractivity contribution in [1.82, 2.24) is 20.2 Å². The summed E-state index contributed by atoms with van der Waals surface area (Å²) in [6.45, 7) is 6.81. The molecular formula is C22H25FN6O2. The van der Waals surface area contributed by atoms with Crippen LogP contribution in [0.3, 0.4) is 0 Å². The highest BCUT2D eigenvalue weighted by molar-refractivity contribution is 5.70. The minimum atomic E-state index is -0.732. The number of hydrogen-bond acceptors (Lipinski definition) is 8. The first-order chi connectivity index (χ1) is 14.9. The van der Waals surface area contributed by atoms with E-state index in [1.807, 2.05) is 6.92 Å². The maximum atomic E-state index is 13.7. The van der Waals surface area contributed by atoms with Gasteiger partial charge in [0.05, 0.1) is 35.9 Å². The van der Waals surface area contributed by atoms with Crippen molar-refractivity contribution in [3.05, 3.63) is 71.3 Å². The van der Waals surface area contributed by atoms with Crippen molar-refractivity contribution >= 4 is 11.8 Å². The third-order valence-electron chi connectivity index (χ3n) is 5.52. The number of ether oxygens (including phenoxy) is 1. The Hall–Kier alpha value is -3.75. The normalized spacial score (nSPS) is 21.0. The zero-order valence-electron chi connectivity index (χ0n) is 17.2. The summed E-state index contributed by atoms with van der Waals surface area (Å²) >= 11 is 0. The van der Waals surface area contributed by atoms with Gasteiger partial charge in [0.2, 0.25) is 5.88 Å². The molecule has 2 aliphatic heterocycles. The lowest BCUT2D eigenvalue weighted by molar-refractivity contribution is 0.200. The van der Waals surface area contributed by atoms with Gasteiger partial charge in [-0.15, -0.1) is 0 Å². The van der Waals surface area contributed by atoms with Gasteiger partial charge in [-0.1, -0.05) is 12.6 Å². The van der Waals surface area contributed by atoms with Crippen LogP contribution in [0, 0.1) is 12.7 Å². The fourth-order valence-corrected chi connectivity index (χ4v) is 3.95. The predicted octanol–water partition coefficient (Wildman–Crippen LogP) is 1.83. The van der Waals surface area contributed by atoms with Gasteiger partial charge in [0.25, 0.3) is 0 Å². The lowest BCUT2D eigenvalue weighted by atomic mass is 10.1. The number of halogens is 1. The molecule has 8 nitrogen and oxygen atoms in total. The van der Waals surface area contributed by atoms with Crippen LogP contribution in [-0.2, 0) is 0 Å². The Morgan fingerprint density at radius 2 is 2.26 bits per heavy atom. The monoisotopic (exact) mass is 424 g/mol. The zero-order valence-corrected chi connectivity index (χ0v) is 17.2. The molecule has 0 aliphatic carbocycles. The third kappa shape index (κ3) is 3.98. The van der Waals surface area contributed by atoms with Crippen molar-refractivity contribution in [2.45, 2.75) is 25.5 Å². The third-order valence-corrected chi connectivity index (χ3v) is 5.52. The highest BCUT2D eigenvalue weighted by atomic mass is 19.1. The number of aromatic nitrogens is 2. The summed E-state index contributed by atoms with van der Waals surface area (Å²) in [6, 6.07) is 4.36. The van der Waals surface area contributed by atoms with Gasteiger partial charge >= 0.3 is 0 Å². The Morgan fingerprint density at radius 1 is 1.45 bits per heavy atom. The number of allylic oxidation sites excluding steroid dienone is 1. The van der Waals surface area contributed by atoms with Crippen molar-refractivity contribution in [2.24, 2.45) is 11.5 Å². The van der Waals surface area contributed by atoms with Crippen LogP contribution in [0.25, 0.3) is 11.8 Å². The lowest BCUT2D eigenvalue weighted by Crippen LogP contribution is -2.45. The van der Waals surface area contributed by atoms with E-state index >= 15 is 0 Å². The summed E-state index contributed by atoms with van der Waals surface area (Å²) in [7, 11) is 0. The maximum Gasteiger partial charge on any atom is 0.232 e. The highest BCUT2D eigenvalue weighted by Crippen LogP contribution is 2.31. The van der Waals surface area contributed by atoms with E-state index in [1.54, 1.807) is 24.4 Å². The first kappa shape index (κ1) is 20.5. The number of aromatic hydroxyl groups is 1. The second-order valence-corrected chi connectivity index (χ2v) is 7.58. The smallest absolute Gasteiger partial charge is 0.232 e. The Bertz CT molecular complexity index is 1080. The quantitative estimate of drug-likeness (QED) is 0.573. The molecule has 2 unspecified atom stereocenters. The summed E-state index contributed by atoms with van der Waals surface area (Å²) in [4.78, 5) is 10.9. The molecule has 0 saturated carbocycles. The molecule has 3 heterocycles. The number of rotatable bonds is 5. The number of nitrogens with one attached hydrogen (secondary N) is 1. The van der Waals surface area contributed by atoms with Gasteiger partial charge in [-0.05, 0) is 31.2 Å². The molecule has 0 spiro atoms. The molecule has 2 atom stereocenters. The van der Waals surface area contributed by atoms with Crippen LogP contribution in [0.2, 0.25) is 0 Å². The van der Waals surface area contributed by atoms with E-state index in [-0.39, 0.29) is 23.4 Å². The maximum absolute atomic E-state index is 13.7. The van der Waals surface area contributed by atoms with Crippen molar-refractivity contribution in [3.63, 3.8) is 0 Å². The molecule has 0 amide bonds. The van der Waals surface area contributed by atoms with E-state index in [4.69, 9.17) is 16.2 Å². The van der Waals surface area contributed by atoms with Gasteiger partial charge < -0.3 is 31.5 Å². The van der Waals surface area contributed by atoms with Crippen molar-refractivity contribution in [1.29, 1.82) is 0 Å². The predicted molar refractivity (Wildman–Crippen MR) is 116 cm³/mol. The topological polar surface area (TPSA) is 123 Å². The minimum absolute atomic E-state index is 0.117. The van der Waals surface area contributed by atoms with Crippen molar-refractivity contribution < 1.29 is 14.2 Å².